The van der Waals surface area contributed by atoms with E-state index in [-0.39, 0.29) is 25.3 Å². The predicted octanol–water partition coefficient (Wildman–Crippen LogP) is 8.25. The number of ether oxygens (including phenoxy) is 3. The highest BCUT2D eigenvalue weighted by Gasteiger charge is 2.57. The zero-order chi connectivity index (χ0) is 36.8. The molecule has 2 aromatic carbocycles. The first-order chi connectivity index (χ1) is 23.5. The normalized spacial score (nSPS) is 21.8. The summed E-state index contributed by atoms with van der Waals surface area (Å²) in [5, 5.41) is 3.09. The van der Waals surface area contributed by atoms with Gasteiger partial charge in [0.1, 0.15) is 18.8 Å². The zero-order valence-electron chi connectivity index (χ0n) is 31.3. The Morgan fingerprint density at radius 2 is 1.38 bits per heavy atom. The predicted molar refractivity (Wildman–Crippen MR) is 196 cm³/mol. The molecular weight excluding hydrogens is 653 g/mol. The van der Waals surface area contributed by atoms with Crippen molar-refractivity contribution in [2.24, 2.45) is 4.99 Å². The molecule has 3 amide bonds. The van der Waals surface area contributed by atoms with Gasteiger partial charge in [0.2, 0.25) is 14.3 Å². The molecule has 2 fully saturated rings. The van der Waals surface area contributed by atoms with Crippen molar-refractivity contribution in [3.05, 3.63) is 71.8 Å². The van der Waals surface area contributed by atoms with Gasteiger partial charge in [-0.15, -0.1) is 4.99 Å². The number of fused-ring (bicyclic) bond motifs is 1. The molecule has 0 unspecified atom stereocenters. The molecule has 12 heteroatoms. The van der Waals surface area contributed by atoms with Crippen LogP contribution in [0.15, 0.2) is 65.7 Å². The molecule has 0 spiro atoms. The van der Waals surface area contributed by atoms with E-state index in [4.69, 9.17) is 18.6 Å². The second-order valence-electron chi connectivity index (χ2n) is 15.2. The largest absolute Gasteiger partial charge is 0.444 e. The molecule has 2 heterocycles. The summed E-state index contributed by atoms with van der Waals surface area (Å²) < 4.78 is 24.5. The van der Waals surface area contributed by atoms with Crippen molar-refractivity contribution in [3.63, 3.8) is 0 Å². The summed E-state index contributed by atoms with van der Waals surface area (Å²) in [7, 11) is -2.40. The van der Waals surface area contributed by atoms with E-state index >= 15 is 0 Å². The Hall–Kier alpha value is -3.90. The maximum atomic E-state index is 14.1. The fourth-order valence-electron chi connectivity index (χ4n) is 7.65. The van der Waals surface area contributed by atoms with Crippen LogP contribution in [0.1, 0.15) is 86.8 Å². The lowest BCUT2D eigenvalue weighted by Crippen LogP contribution is -2.72. The summed E-state index contributed by atoms with van der Waals surface area (Å²) in [6.07, 6.45) is -1.86. The van der Waals surface area contributed by atoms with Crippen LogP contribution in [-0.2, 0) is 31.9 Å². The number of benzene rings is 2. The van der Waals surface area contributed by atoms with Gasteiger partial charge >= 0.3 is 18.3 Å². The molecule has 1 N–H and O–H groups in total. The van der Waals surface area contributed by atoms with Gasteiger partial charge in [-0.1, -0.05) is 102 Å². The number of amides is 3. The summed E-state index contributed by atoms with van der Waals surface area (Å²) in [5.41, 5.74) is 1.83. The van der Waals surface area contributed by atoms with Gasteiger partial charge < -0.3 is 28.9 Å². The van der Waals surface area contributed by atoms with E-state index in [1.54, 1.807) is 20.8 Å². The fourth-order valence-corrected chi connectivity index (χ4v) is 13.2. The summed E-state index contributed by atoms with van der Waals surface area (Å²) in [6, 6.07) is 16.9. The number of nitrogens with one attached hydrogen (secondary N) is 1. The molecule has 2 aromatic rings. The van der Waals surface area contributed by atoms with Gasteiger partial charge in [-0.25, -0.2) is 19.3 Å². The Balaban J connectivity index is 1.77. The van der Waals surface area contributed by atoms with Crippen molar-refractivity contribution in [2.45, 2.75) is 135 Å². The van der Waals surface area contributed by atoms with E-state index in [1.807, 2.05) is 72.5 Å². The Morgan fingerprint density at radius 1 is 0.860 bits per heavy atom. The molecule has 0 aliphatic carbocycles. The first-order valence-corrected chi connectivity index (χ1v) is 19.9. The molecule has 2 aliphatic heterocycles. The van der Waals surface area contributed by atoms with Crippen LogP contribution in [0.25, 0.3) is 0 Å². The third kappa shape index (κ3) is 9.06. The van der Waals surface area contributed by atoms with Gasteiger partial charge in [-0.2, -0.15) is 0 Å². The van der Waals surface area contributed by atoms with Crippen LogP contribution >= 0.6 is 0 Å². The van der Waals surface area contributed by atoms with E-state index in [2.05, 4.69) is 51.9 Å². The third-order valence-electron chi connectivity index (χ3n) is 9.71. The van der Waals surface area contributed by atoms with Gasteiger partial charge in [0, 0.05) is 6.54 Å². The van der Waals surface area contributed by atoms with Crippen molar-refractivity contribution >= 4 is 32.6 Å². The van der Waals surface area contributed by atoms with E-state index in [0.29, 0.717) is 29.6 Å². The van der Waals surface area contributed by atoms with Gasteiger partial charge in [-0.3, -0.25) is 0 Å². The minimum absolute atomic E-state index is 0.0131. The lowest BCUT2D eigenvalue weighted by molar-refractivity contribution is 0.0251. The first-order valence-electron chi connectivity index (χ1n) is 17.8. The van der Waals surface area contributed by atoms with Crippen molar-refractivity contribution < 1.29 is 33.0 Å². The average Bonchev–Trinajstić information content (AvgIpc) is 3.46. The van der Waals surface area contributed by atoms with Gasteiger partial charge in [0.15, 0.2) is 0 Å². The Bertz CT molecular complexity index is 1460. The number of carbonyl (C=O) groups excluding carboxylic acids is 3. The van der Waals surface area contributed by atoms with E-state index in [0.717, 1.165) is 11.1 Å². The van der Waals surface area contributed by atoms with E-state index in [1.165, 1.54) is 4.90 Å². The van der Waals surface area contributed by atoms with Crippen LogP contribution < -0.4 is 5.32 Å². The summed E-state index contributed by atoms with van der Waals surface area (Å²) in [6.45, 7) is 21.1. The second kappa shape index (κ2) is 16.4. The lowest BCUT2D eigenvalue weighted by atomic mass is 9.94. The Labute approximate surface area is 298 Å². The molecule has 4 atom stereocenters. The van der Waals surface area contributed by atoms with Crippen molar-refractivity contribution in [3.8, 4) is 0 Å². The Morgan fingerprint density at radius 3 is 1.88 bits per heavy atom. The highest BCUT2D eigenvalue weighted by atomic mass is 28.4. The van der Waals surface area contributed by atoms with Crippen LogP contribution in [0.5, 0.6) is 0 Å². The smallest absolute Gasteiger partial charge is 0.437 e. The average molecular weight is 709 g/mol. The number of aliphatic imine (C=N–C) groups is 1. The fraction of sp³-hybridized carbons (Fsp3) is 0.579. The van der Waals surface area contributed by atoms with Gasteiger partial charge in [-0.05, 0) is 61.9 Å². The molecule has 11 nitrogen and oxygen atoms in total. The topological polar surface area (TPSA) is 119 Å². The van der Waals surface area contributed by atoms with Crippen LogP contribution in [0, 0.1) is 0 Å². The molecule has 0 bridgehead atoms. The van der Waals surface area contributed by atoms with Crippen LogP contribution in [0.4, 0.5) is 14.4 Å². The van der Waals surface area contributed by atoms with Crippen LogP contribution in [0.3, 0.4) is 0 Å². The minimum Gasteiger partial charge on any atom is -0.444 e. The van der Waals surface area contributed by atoms with Crippen LogP contribution in [0.2, 0.25) is 16.6 Å². The molecule has 0 radical (unpaired) electrons. The van der Waals surface area contributed by atoms with E-state index < -0.39 is 50.3 Å². The SMILES string of the molecule is CC(C)[Si](O[C@H]1CCN2/C(=N\C(=O)OCc3ccccc3)N(C(=O)OCc3ccccc3)[C@H](C)[C@@H](NC(=O)OC(C)(C)C)[C@H]12)(C(C)C)C(C)C. The standard InChI is InChI=1S/C38H56N4O7Si/c1-25(2)50(26(3)4,27(5)6)49-31-21-22-41-33(31)32(39-36(44)48-38(8,9)10)28(7)42(37(45)47-24-30-19-15-12-16-20-30)34(41)40-35(43)46-23-29-17-13-11-14-18-29/h11-20,25-28,31-33H,21-24H2,1-10H3,(H,39,44)/b40-34+/t28-,31+,32-,33+/m1/s1. The number of alkyl carbamates (subject to hydrolysis) is 1. The summed E-state index contributed by atoms with van der Waals surface area (Å²) in [4.78, 5) is 48.6. The molecular formula is C38H56N4O7Si. The summed E-state index contributed by atoms with van der Waals surface area (Å²) in [5.74, 6) is 0.109. The highest BCUT2D eigenvalue weighted by Crippen LogP contribution is 2.46. The maximum Gasteiger partial charge on any atom is 0.437 e. The lowest BCUT2D eigenvalue weighted by Gasteiger charge is -2.51. The number of guanidine groups is 1. The number of hydrogen-bond donors (Lipinski definition) is 1. The molecule has 4 rings (SSSR count). The van der Waals surface area contributed by atoms with Crippen molar-refractivity contribution in [1.82, 2.24) is 15.1 Å². The number of carbonyl (C=O) groups is 3. The maximum absolute atomic E-state index is 14.1. The first kappa shape index (κ1) is 38.9. The van der Waals surface area contributed by atoms with E-state index in [9.17, 15) is 14.4 Å². The monoisotopic (exact) mass is 708 g/mol. The number of nitrogens with zero attached hydrogens (tertiary/aromatic N) is 3. The molecule has 0 aromatic heterocycles. The zero-order valence-corrected chi connectivity index (χ0v) is 32.3. The molecule has 274 valence electrons. The van der Waals surface area contributed by atoms with Gasteiger partial charge in [0.05, 0.1) is 24.2 Å². The molecule has 0 saturated carbocycles. The molecule has 50 heavy (non-hydrogen) atoms. The second-order valence-corrected chi connectivity index (χ2v) is 20.6. The highest BCUT2D eigenvalue weighted by molar-refractivity contribution is 6.77. The number of rotatable bonds is 10. The minimum atomic E-state index is -2.40. The third-order valence-corrected chi connectivity index (χ3v) is 15.8. The quantitative estimate of drug-likeness (QED) is 0.194. The van der Waals surface area contributed by atoms with Crippen molar-refractivity contribution in [2.75, 3.05) is 6.54 Å². The van der Waals surface area contributed by atoms with Crippen molar-refractivity contribution in [1.29, 1.82) is 0 Å². The summed E-state index contributed by atoms with van der Waals surface area (Å²) >= 11 is 0. The van der Waals surface area contributed by atoms with Gasteiger partial charge in [0.25, 0.3) is 0 Å². The number of hydrogen-bond acceptors (Lipinski definition) is 7. The van der Waals surface area contributed by atoms with Crippen LogP contribution in [-0.4, -0.2) is 78.7 Å². The Kier molecular flexibility index (Phi) is 12.8. The molecule has 2 aliphatic rings. The molecule has 2 saturated heterocycles.